The number of unbranched alkanes of at least 4 members (excludes halogenated alkanes) is 11. The van der Waals surface area contributed by atoms with Crippen LogP contribution in [0.15, 0.2) is 12.2 Å². The third-order valence-electron chi connectivity index (χ3n) is 8.75. The van der Waals surface area contributed by atoms with E-state index in [9.17, 15) is 15.0 Å². The molecule has 4 saturated carbocycles. The zero-order valence-corrected chi connectivity index (χ0v) is 21.3. The Morgan fingerprint density at radius 2 is 1.36 bits per heavy atom. The van der Waals surface area contributed by atoms with Crippen molar-refractivity contribution in [2.45, 2.75) is 135 Å². The standard InChI is InChI=1S/C29H51NO3/c1-2-3-4-5-6-7-8-9-10-11-12-13-14-15-27(32)26(22-31)30-28(33)29-19-23-16-24(20-29)18-25(17-23)21-29/h14-15,23-27,31-32H,2-13,16-22H2,1H3,(H,30,33)/b15-14+/t23?,24?,25?,26-,27+,29?/m0/s1. The van der Waals surface area contributed by atoms with E-state index in [0.29, 0.717) is 17.8 Å². The molecule has 4 aliphatic carbocycles. The van der Waals surface area contributed by atoms with E-state index in [2.05, 4.69) is 12.2 Å². The Labute approximate surface area is 203 Å². The second-order valence-electron chi connectivity index (χ2n) is 11.7. The molecule has 4 heteroatoms. The van der Waals surface area contributed by atoms with E-state index < -0.39 is 12.1 Å². The average Bonchev–Trinajstić information content (AvgIpc) is 2.79. The summed E-state index contributed by atoms with van der Waals surface area (Å²) >= 11 is 0. The fraction of sp³-hybridized carbons (Fsp3) is 0.897. The van der Waals surface area contributed by atoms with E-state index >= 15 is 0 Å². The zero-order chi connectivity index (χ0) is 23.5. The highest BCUT2D eigenvalue weighted by Gasteiger charge is 2.54. The molecule has 0 aliphatic heterocycles. The Morgan fingerprint density at radius 3 is 1.85 bits per heavy atom. The summed E-state index contributed by atoms with van der Waals surface area (Å²) in [4.78, 5) is 13.2. The van der Waals surface area contributed by atoms with Crippen LogP contribution in [0.1, 0.15) is 122 Å². The average molecular weight is 462 g/mol. The number of aliphatic hydroxyl groups excluding tert-OH is 2. The van der Waals surface area contributed by atoms with Gasteiger partial charge in [0.25, 0.3) is 0 Å². The van der Waals surface area contributed by atoms with Crippen LogP contribution in [0.3, 0.4) is 0 Å². The van der Waals surface area contributed by atoms with Crippen LogP contribution in [0.2, 0.25) is 0 Å². The molecular formula is C29H51NO3. The minimum Gasteiger partial charge on any atom is -0.394 e. The highest BCUT2D eigenvalue weighted by atomic mass is 16.3. The van der Waals surface area contributed by atoms with Gasteiger partial charge in [-0.2, -0.15) is 0 Å². The van der Waals surface area contributed by atoms with Crippen molar-refractivity contribution in [1.82, 2.24) is 5.32 Å². The lowest BCUT2D eigenvalue weighted by atomic mass is 9.49. The first kappa shape index (κ1) is 26.7. The van der Waals surface area contributed by atoms with E-state index in [-0.39, 0.29) is 17.9 Å². The van der Waals surface area contributed by atoms with Crippen LogP contribution < -0.4 is 5.32 Å². The Balaban J connectivity index is 1.27. The predicted molar refractivity (Wildman–Crippen MR) is 136 cm³/mol. The van der Waals surface area contributed by atoms with Gasteiger partial charge in [-0.1, -0.05) is 83.3 Å². The molecule has 3 N–H and O–H groups in total. The molecule has 4 rings (SSSR count). The Kier molecular flexibility index (Phi) is 11.2. The summed E-state index contributed by atoms with van der Waals surface area (Å²) in [6.07, 6.45) is 25.5. The molecular weight excluding hydrogens is 410 g/mol. The minimum absolute atomic E-state index is 0.0819. The van der Waals surface area contributed by atoms with Gasteiger partial charge in [0.05, 0.1) is 18.8 Å². The monoisotopic (exact) mass is 461 g/mol. The van der Waals surface area contributed by atoms with Gasteiger partial charge in [-0.25, -0.2) is 0 Å². The van der Waals surface area contributed by atoms with E-state index in [1.54, 1.807) is 6.08 Å². The van der Waals surface area contributed by atoms with Gasteiger partial charge in [0.2, 0.25) is 5.91 Å². The molecule has 0 saturated heterocycles. The van der Waals surface area contributed by atoms with Gasteiger partial charge >= 0.3 is 0 Å². The molecule has 0 aromatic carbocycles. The summed E-state index contributed by atoms with van der Waals surface area (Å²) in [6.45, 7) is 2.05. The molecule has 2 atom stereocenters. The molecule has 4 bridgehead atoms. The first-order valence-electron chi connectivity index (χ1n) is 14.3. The summed E-state index contributed by atoms with van der Waals surface area (Å²) in [6, 6.07) is -0.598. The first-order chi connectivity index (χ1) is 16.1. The summed E-state index contributed by atoms with van der Waals surface area (Å²) in [7, 11) is 0. The highest BCUT2D eigenvalue weighted by molar-refractivity contribution is 5.83. The number of carbonyl (C=O) groups is 1. The number of hydrogen-bond donors (Lipinski definition) is 3. The normalized spacial score (nSPS) is 30.1. The maximum Gasteiger partial charge on any atom is 0.226 e. The van der Waals surface area contributed by atoms with Crippen molar-refractivity contribution in [3.05, 3.63) is 12.2 Å². The Hall–Kier alpha value is -0.870. The lowest BCUT2D eigenvalue weighted by Gasteiger charge is -2.55. The molecule has 4 fully saturated rings. The summed E-state index contributed by atoms with van der Waals surface area (Å²) in [5.41, 5.74) is -0.235. The smallest absolute Gasteiger partial charge is 0.226 e. The van der Waals surface area contributed by atoms with E-state index in [4.69, 9.17) is 0 Å². The number of nitrogens with one attached hydrogen (secondary N) is 1. The van der Waals surface area contributed by atoms with Gasteiger partial charge in [0.1, 0.15) is 0 Å². The fourth-order valence-corrected chi connectivity index (χ4v) is 7.25. The number of aliphatic hydroxyl groups is 2. The van der Waals surface area contributed by atoms with Crippen LogP contribution in [-0.4, -0.2) is 34.9 Å². The van der Waals surface area contributed by atoms with Gasteiger partial charge in [-0.3, -0.25) is 4.79 Å². The van der Waals surface area contributed by atoms with Crippen molar-refractivity contribution in [1.29, 1.82) is 0 Å². The Morgan fingerprint density at radius 1 is 0.879 bits per heavy atom. The van der Waals surface area contributed by atoms with Crippen LogP contribution in [0.5, 0.6) is 0 Å². The van der Waals surface area contributed by atoms with Gasteiger partial charge in [0.15, 0.2) is 0 Å². The molecule has 0 spiro atoms. The van der Waals surface area contributed by atoms with Crippen molar-refractivity contribution >= 4 is 5.91 Å². The van der Waals surface area contributed by atoms with Crippen molar-refractivity contribution in [2.75, 3.05) is 6.61 Å². The van der Waals surface area contributed by atoms with E-state index in [1.807, 2.05) is 6.08 Å². The minimum atomic E-state index is -0.819. The number of allylic oxidation sites excluding steroid dienone is 1. The molecule has 4 nitrogen and oxygen atoms in total. The molecule has 0 radical (unpaired) electrons. The summed E-state index contributed by atoms with van der Waals surface area (Å²) < 4.78 is 0. The van der Waals surface area contributed by atoms with Crippen LogP contribution >= 0.6 is 0 Å². The van der Waals surface area contributed by atoms with Crippen LogP contribution in [0.25, 0.3) is 0 Å². The maximum absolute atomic E-state index is 13.2. The van der Waals surface area contributed by atoms with Crippen molar-refractivity contribution in [2.24, 2.45) is 23.2 Å². The lowest BCUT2D eigenvalue weighted by molar-refractivity contribution is -0.148. The molecule has 0 heterocycles. The topological polar surface area (TPSA) is 69.6 Å². The van der Waals surface area contributed by atoms with Gasteiger partial charge in [-0.15, -0.1) is 0 Å². The molecule has 0 aromatic heterocycles. The summed E-state index contributed by atoms with van der Waals surface area (Å²) in [5, 5.41) is 23.4. The van der Waals surface area contributed by atoms with Crippen LogP contribution in [-0.2, 0) is 4.79 Å². The fourth-order valence-electron chi connectivity index (χ4n) is 7.25. The van der Waals surface area contributed by atoms with Gasteiger partial charge in [-0.05, 0) is 69.1 Å². The predicted octanol–water partition coefficient (Wildman–Crippen LogP) is 6.30. The van der Waals surface area contributed by atoms with Crippen molar-refractivity contribution in [3.8, 4) is 0 Å². The largest absolute Gasteiger partial charge is 0.394 e. The molecule has 0 aromatic rings. The second kappa shape index (κ2) is 13.9. The Bertz CT molecular complexity index is 566. The van der Waals surface area contributed by atoms with Crippen LogP contribution in [0.4, 0.5) is 0 Å². The quantitative estimate of drug-likeness (QED) is 0.176. The lowest BCUT2D eigenvalue weighted by Crippen LogP contribution is -2.57. The van der Waals surface area contributed by atoms with Crippen LogP contribution in [0, 0.1) is 23.2 Å². The second-order valence-corrected chi connectivity index (χ2v) is 11.7. The van der Waals surface area contributed by atoms with Gasteiger partial charge in [0, 0.05) is 5.41 Å². The molecule has 1 amide bonds. The maximum atomic E-state index is 13.2. The number of carbonyl (C=O) groups excluding carboxylic acids is 1. The SMILES string of the molecule is CCCCCCCCCCCCC/C=C/[C@@H](O)[C@H](CO)NC(=O)C12CC3CC(CC(C3)C1)C2. The number of rotatable bonds is 17. The number of hydrogen-bond acceptors (Lipinski definition) is 3. The van der Waals surface area contributed by atoms with E-state index in [0.717, 1.165) is 32.1 Å². The first-order valence-corrected chi connectivity index (χ1v) is 14.3. The highest BCUT2D eigenvalue weighted by Crippen LogP contribution is 2.60. The zero-order valence-electron chi connectivity index (χ0n) is 21.3. The molecule has 33 heavy (non-hydrogen) atoms. The van der Waals surface area contributed by atoms with Gasteiger partial charge < -0.3 is 15.5 Å². The third kappa shape index (κ3) is 8.09. The molecule has 0 unspecified atom stereocenters. The molecule has 4 aliphatic rings. The number of amides is 1. The summed E-state index contributed by atoms with van der Waals surface area (Å²) in [5.74, 6) is 2.22. The molecule has 190 valence electrons. The van der Waals surface area contributed by atoms with Crippen molar-refractivity contribution in [3.63, 3.8) is 0 Å². The van der Waals surface area contributed by atoms with E-state index in [1.165, 1.54) is 83.5 Å². The third-order valence-corrected chi connectivity index (χ3v) is 8.75. The van der Waals surface area contributed by atoms with Crippen molar-refractivity contribution < 1.29 is 15.0 Å².